The van der Waals surface area contributed by atoms with Gasteiger partial charge >= 0.3 is 8.65 Å². The van der Waals surface area contributed by atoms with E-state index in [0.29, 0.717) is 10.4 Å². The first-order chi connectivity index (χ1) is 9.64. The highest BCUT2D eigenvalue weighted by Crippen LogP contribution is 2.17. The Morgan fingerprint density at radius 3 is 1.14 bits per heavy atom. The molecule has 0 spiro atoms. The molecule has 0 bridgehead atoms. The van der Waals surface area contributed by atoms with Crippen LogP contribution in [-0.4, -0.2) is 13.4 Å². The SMILES string of the molecule is Cc1cc(C)c([Si](O)(F)c2c(C)cc(C)cc2C)c(C)c1. The van der Waals surface area contributed by atoms with Crippen molar-refractivity contribution in [1.82, 2.24) is 0 Å². The Morgan fingerprint density at radius 2 is 0.905 bits per heavy atom. The van der Waals surface area contributed by atoms with Crippen LogP contribution < -0.4 is 10.4 Å². The summed E-state index contributed by atoms with van der Waals surface area (Å²) in [5.41, 5.74) is 5.53. The van der Waals surface area contributed by atoms with Gasteiger partial charge in [-0.1, -0.05) is 35.4 Å². The molecular weight excluding hydrogens is 279 g/mol. The van der Waals surface area contributed by atoms with E-state index in [1.807, 2.05) is 65.8 Å². The van der Waals surface area contributed by atoms with Crippen LogP contribution in [0.3, 0.4) is 0 Å². The van der Waals surface area contributed by atoms with E-state index in [1.54, 1.807) is 0 Å². The van der Waals surface area contributed by atoms with Gasteiger partial charge < -0.3 is 4.80 Å². The average Bonchev–Trinajstić information content (AvgIpc) is 2.23. The Kier molecular flexibility index (Phi) is 4.09. The van der Waals surface area contributed by atoms with Crippen molar-refractivity contribution in [3.63, 3.8) is 0 Å². The van der Waals surface area contributed by atoms with E-state index in [-0.39, 0.29) is 0 Å². The van der Waals surface area contributed by atoms with Gasteiger partial charge in [0.05, 0.1) is 0 Å². The van der Waals surface area contributed by atoms with Crippen LogP contribution in [0.15, 0.2) is 24.3 Å². The Labute approximate surface area is 127 Å². The summed E-state index contributed by atoms with van der Waals surface area (Å²) in [4.78, 5) is 10.8. The van der Waals surface area contributed by atoms with Crippen molar-refractivity contribution in [2.75, 3.05) is 0 Å². The van der Waals surface area contributed by atoms with Gasteiger partial charge in [0.25, 0.3) is 0 Å². The van der Waals surface area contributed by atoms with Crippen LogP contribution in [0.2, 0.25) is 0 Å². The normalized spacial score (nSPS) is 11.8. The molecule has 0 atom stereocenters. The van der Waals surface area contributed by atoms with E-state index in [4.69, 9.17) is 0 Å². The fourth-order valence-corrected chi connectivity index (χ4v) is 6.16. The molecule has 0 heterocycles. The summed E-state index contributed by atoms with van der Waals surface area (Å²) in [6.07, 6.45) is 0. The minimum absolute atomic E-state index is 0.503. The zero-order valence-electron chi connectivity index (χ0n) is 13.6. The summed E-state index contributed by atoms with van der Waals surface area (Å²) in [7, 11) is -4.18. The van der Waals surface area contributed by atoms with Crippen molar-refractivity contribution in [3.05, 3.63) is 57.6 Å². The van der Waals surface area contributed by atoms with Gasteiger partial charge in [-0.15, -0.1) is 0 Å². The zero-order valence-corrected chi connectivity index (χ0v) is 14.6. The van der Waals surface area contributed by atoms with Crippen molar-refractivity contribution < 1.29 is 8.90 Å². The highest BCUT2D eigenvalue weighted by atomic mass is 28.4. The van der Waals surface area contributed by atoms with Gasteiger partial charge in [-0.25, -0.2) is 0 Å². The molecule has 1 N–H and O–H groups in total. The second kappa shape index (κ2) is 5.39. The molecule has 0 amide bonds. The zero-order chi connectivity index (χ0) is 15.9. The van der Waals surface area contributed by atoms with Crippen LogP contribution in [0.25, 0.3) is 0 Å². The summed E-state index contributed by atoms with van der Waals surface area (Å²) in [6.45, 7) is 11.5. The molecule has 0 aliphatic rings. The number of aryl methyl sites for hydroxylation is 6. The first-order valence-corrected chi connectivity index (χ1v) is 9.05. The molecule has 0 radical (unpaired) electrons. The molecule has 112 valence electrons. The minimum atomic E-state index is -4.18. The first-order valence-electron chi connectivity index (χ1n) is 7.22. The molecule has 21 heavy (non-hydrogen) atoms. The highest BCUT2D eigenvalue weighted by molar-refractivity contribution is 6.92. The summed E-state index contributed by atoms with van der Waals surface area (Å²) in [5, 5.41) is 1.01. The maximum Gasteiger partial charge on any atom is 0.447 e. The third-order valence-corrected chi connectivity index (χ3v) is 6.92. The molecule has 3 heteroatoms. The standard InChI is InChI=1S/C18H23FOSi/c1-11-7-13(3)17(14(4)8-11)21(19,20)18-15(5)9-12(2)10-16(18)6/h7-10,20H,1-6H3. The van der Waals surface area contributed by atoms with Gasteiger partial charge in [-0.3, -0.25) is 4.11 Å². The average molecular weight is 302 g/mol. The summed E-state index contributed by atoms with van der Waals surface area (Å²) < 4.78 is 15.6. The lowest BCUT2D eigenvalue weighted by Gasteiger charge is -2.25. The smallest absolute Gasteiger partial charge is 0.401 e. The minimum Gasteiger partial charge on any atom is -0.401 e. The van der Waals surface area contributed by atoms with Gasteiger partial charge in [0.2, 0.25) is 0 Å². The topological polar surface area (TPSA) is 20.2 Å². The Balaban J connectivity index is 2.74. The van der Waals surface area contributed by atoms with E-state index in [0.717, 1.165) is 33.4 Å². The van der Waals surface area contributed by atoms with Crippen molar-refractivity contribution >= 4 is 19.0 Å². The van der Waals surface area contributed by atoms with Crippen molar-refractivity contribution in [3.8, 4) is 0 Å². The van der Waals surface area contributed by atoms with Crippen LogP contribution in [0, 0.1) is 41.5 Å². The summed E-state index contributed by atoms with van der Waals surface area (Å²) in [5.74, 6) is 0. The highest BCUT2D eigenvalue weighted by Gasteiger charge is 2.42. The number of halogens is 1. The Morgan fingerprint density at radius 1 is 0.667 bits per heavy atom. The first kappa shape index (κ1) is 15.9. The maximum atomic E-state index is 15.6. The van der Waals surface area contributed by atoms with Crippen LogP contribution >= 0.6 is 0 Å². The van der Waals surface area contributed by atoms with Gasteiger partial charge in [0.1, 0.15) is 0 Å². The van der Waals surface area contributed by atoms with E-state index in [2.05, 4.69) is 0 Å². The third kappa shape index (κ3) is 2.81. The summed E-state index contributed by atoms with van der Waals surface area (Å²) >= 11 is 0. The van der Waals surface area contributed by atoms with Gasteiger partial charge in [-0.05, 0) is 63.8 Å². The summed E-state index contributed by atoms with van der Waals surface area (Å²) in [6, 6.07) is 7.77. The fraction of sp³-hybridized carbons (Fsp3) is 0.333. The van der Waals surface area contributed by atoms with Crippen LogP contribution in [0.4, 0.5) is 4.11 Å². The van der Waals surface area contributed by atoms with E-state index < -0.39 is 8.65 Å². The van der Waals surface area contributed by atoms with Crippen molar-refractivity contribution in [2.24, 2.45) is 0 Å². The van der Waals surface area contributed by atoms with E-state index in [1.165, 1.54) is 0 Å². The fourth-order valence-electron chi connectivity index (χ4n) is 3.53. The molecule has 1 nitrogen and oxygen atoms in total. The Hall–Kier alpha value is -1.45. The number of benzene rings is 2. The van der Waals surface area contributed by atoms with E-state index in [9.17, 15) is 4.80 Å². The predicted octanol–water partition coefficient (Wildman–Crippen LogP) is 3.06. The van der Waals surface area contributed by atoms with Crippen LogP contribution in [0.5, 0.6) is 0 Å². The molecule has 0 saturated carbocycles. The van der Waals surface area contributed by atoms with Crippen molar-refractivity contribution in [2.45, 2.75) is 41.5 Å². The van der Waals surface area contributed by atoms with Gasteiger partial charge in [-0.2, -0.15) is 0 Å². The number of hydrogen-bond donors (Lipinski definition) is 1. The molecule has 2 aromatic carbocycles. The molecule has 0 fully saturated rings. The molecule has 0 aliphatic heterocycles. The van der Waals surface area contributed by atoms with Gasteiger partial charge in [0, 0.05) is 10.4 Å². The molecule has 0 unspecified atom stereocenters. The Bertz CT molecular complexity index is 599. The molecule has 2 rings (SSSR count). The second-order valence-corrected chi connectivity index (χ2v) is 8.41. The molecule has 2 aromatic rings. The molecule has 0 aliphatic carbocycles. The number of hydrogen-bond acceptors (Lipinski definition) is 1. The number of rotatable bonds is 2. The second-order valence-electron chi connectivity index (χ2n) is 6.17. The third-order valence-electron chi connectivity index (χ3n) is 4.02. The quantitative estimate of drug-likeness (QED) is 0.668. The molecule has 0 aromatic heterocycles. The molecular formula is C18H23FOSi. The lowest BCUT2D eigenvalue weighted by Crippen LogP contribution is -2.59. The van der Waals surface area contributed by atoms with Crippen molar-refractivity contribution in [1.29, 1.82) is 0 Å². The predicted molar refractivity (Wildman–Crippen MR) is 89.7 cm³/mol. The van der Waals surface area contributed by atoms with E-state index >= 15 is 4.11 Å². The maximum absolute atomic E-state index is 15.6. The largest absolute Gasteiger partial charge is 0.447 e. The van der Waals surface area contributed by atoms with Crippen LogP contribution in [0.1, 0.15) is 33.4 Å². The van der Waals surface area contributed by atoms with Crippen LogP contribution in [-0.2, 0) is 0 Å². The monoisotopic (exact) mass is 302 g/mol. The lowest BCUT2D eigenvalue weighted by molar-refractivity contribution is 0.489. The van der Waals surface area contributed by atoms with Gasteiger partial charge in [0.15, 0.2) is 0 Å². The lowest BCUT2D eigenvalue weighted by atomic mass is 10.1. The molecule has 0 saturated heterocycles.